The zero-order chi connectivity index (χ0) is 28.4. The lowest BCUT2D eigenvalue weighted by Crippen LogP contribution is -2.54. The third kappa shape index (κ3) is 9.57. The highest BCUT2D eigenvalue weighted by atomic mass is 19.4. The number of carbonyl (C=O) groups is 2. The molecule has 210 valence electrons. The van der Waals surface area contributed by atoms with E-state index in [9.17, 15) is 32.3 Å². The van der Waals surface area contributed by atoms with E-state index in [2.05, 4.69) is 21.9 Å². The van der Waals surface area contributed by atoms with Crippen molar-refractivity contribution in [3.05, 3.63) is 65.0 Å². The Morgan fingerprint density at radius 3 is 2.69 bits per heavy atom. The number of rotatable bonds is 6. The highest BCUT2D eigenvalue weighted by molar-refractivity contribution is 5.88. The van der Waals surface area contributed by atoms with E-state index < -0.39 is 41.7 Å². The number of hydrogen-bond donors (Lipinski definition) is 4. The lowest BCUT2D eigenvalue weighted by Gasteiger charge is -2.27. The summed E-state index contributed by atoms with van der Waals surface area (Å²) in [7, 11) is 0. The fraction of sp³-hybridized carbons (Fsp3) is 0.429. The van der Waals surface area contributed by atoms with Crippen molar-refractivity contribution in [2.75, 3.05) is 13.2 Å². The van der Waals surface area contributed by atoms with Crippen LogP contribution in [0.25, 0.3) is 0 Å². The van der Waals surface area contributed by atoms with E-state index in [4.69, 9.17) is 11.2 Å². The van der Waals surface area contributed by atoms with Gasteiger partial charge in [-0.15, -0.1) is 12.3 Å². The van der Waals surface area contributed by atoms with Crippen LogP contribution < -0.4 is 20.7 Å². The second kappa shape index (κ2) is 14.0. The Bertz CT molecular complexity index is 1180. The molecule has 11 heteroatoms. The van der Waals surface area contributed by atoms with Gasteiger partial charge >= 0.3 is 6.18 Å². The molecule has 0 aliphatic carbocycles. The van der Waals surface area contributed by atoms with Gasteiger partial charge in [0.05, 0.1) is 24.3 Å². The quantitative estimate of drug-likeness (QED) is 0.328. The van der Waals surface area contributed by atoms with Crippen molar-refractivity contribution < 1.29 is 37.0 Å². The van der Waals surface area contributed by atoms with Crippen LogP contribution in [-0.4, -0.2) is 48.3 Å². The Morgan fingerprint density at radius 1 is 1.15 bits per heavy atom. The zero-order valence-electron chi connectivity index (χ0n) is 21.2. The topological polar surface area (TPSA) is 99.7 Å². The molecule has 2 bridgehead atoms. The number of amides is 2. The predicted octanol–water partition coefficient (Wildman–Crippen LogP) is 3.09. The highest BCUT2D eigenvalue weighted by Crippen LogP contribution is 2.29. The van der Waals surface area contributed by atoms with Gasteiger partial charge in [-0.2, -0.15) is 13.2 Å². The van der Waals surface area contributed by atoms with Gasteiger partial charge in [-0.3, -0.25) is 9.59 Å². The summed E-state index contributed by atoms with van der Waals surface area (Å²) in [6.07, 6.45) is 0.749. The number of alkyl halides is 3. The first-order valence-corrected chi connectivity index (χ1v) is 12.6. The van der Waals surface area contributed by atoms with Gasteiger partial charge in [0.1, 0.15) is 17.6 Å². The van der Waals surface area contributed by atoms with Gasteiger partial charge in [0.2, 0.25) is 11.8 Å². The average molecular weight is 550 g/mol. The minimum atomic E-state index is -4.48. The molecule has 2 amide bonds. The van der Waals surface area contributed by atoms with Crippen LogP contribution in [0.2, 0.25) is 0 Å². The van der Waals surface area contributed by atoms with Gasteiger partial charge in [0.25, 0.3) is 0 Å². The summed E-state index contributed by atoms with van der Waals surface area (Å²) < 4.78 is 59.0. The maximum atomic E-state index is 14.3. The summed E-state index contributed by atoms with van der Waals surface area (Å²) >= 11 is 0. The van der Waals surface area contributed by atoms with Crippen LogP contribution in [0, 0.1) is 18.2 Å². The number of aliphatic hydroxyl groups is 1. The minimum absolute atomic E-state index is 0.00296. The molecular weight excluding hydrogens is 518 g/mol. The van der Waals surface area contributed by atoms with E-state index in [0.717, 1.165) is 12.1 Å². The molecule has 1 unspecified atom stereocenters. The van der Waals surface area contributed by atoms with Gasteiger partial charge in [-0.05, 0) is 48.6 Å². The van der Waals surface area contributed by atoms with E-state index in [-0.39, 0.29) is 50.6 Å². The van der Waals surface area contributed by atoms with Gasteiger partial charge in [0, 0.05) is 32.0 Å². The van der Waals surface area contributed by atoms with Gasteiger partial charge in [0.15, 0.2) is 0 Å². The Hall–Kier alpha value is -3.62. The lowest BCUT2D eigenvalue weighted by molar-refractivity contribution is -0.137. The number of aliphatic hydroxyl groups excluding tert-OH is 1. The molecule has 2 aromatic carbocycles. The number of hydrogen-bond acceptors (Lipinski definition) is 5. The third-order valence-corrected chi connectivity index (χ3v) is 6.16. The van der Waals surface area contributed by atoms with Crippen molar-refractivity contribution in [1.29, 1.82) is 0 Å². The van der Waals surface area contributed by atoms with Crippen molar-refractivity contribution in [2.45, 2.75) is 63.0 Å². The van der Waals surface area contributed by atoms with Gasteiger partial charge < -0.3 is 25.8 Å². The van der Waals surface area contributed by atoms with Crippen molar-refractivity contribution in [3.8, 4) is 18.1 Å². The van der Waals surface area contributed by atoms with Crippen molar-refractivity contribution in [3.63, 3.8) is 0 Å². The Labute approximate surface area is 224 Å². The maximum Gasteiger partial charge on any atom is 0.416 e. The SMILES string of the molecule is C#CCC1NC(=O)CCCCOc2cc(F)cc(c2)C[C@@H]([C@H](O)CNCc2cccc(C(F)(F)F)c2)NC1=O. The normalized spacial score (nSPS) is 19.9. The summed E-state index contributed by atoms with van der Waals surface area (Å²) in [5.41, 5.74) is 0.00802. The van der Waals surface area contributed by atoms with Crippen LogP contribution in [0.3, 0.4) is 0 Å². The van der Waals surface area contributed by atoms with Crippen molar-refractivity contribution in [2.24, 2.45) is 0 Å². The minimum Gasteiger partial charge on any atom is -0.493 e. The van der Waals surface area contributed by atoms with E-state index in [1.54, 1.807) is 6.07 Å². The first-order valence-electron chi connectivity index (χ1n) is 12.6. The fourth-order valence-electron chi connectivity index (χ4n) is 4.18. The Kier molecular flexibility index (Phi) is 10.7. The van der Waals surface area contributed by atoms with Crippen molar-refractivity contribution >= 4 is 11.8 Å². The molecule has 2 aromatic rings. The summed E-state index contributed by atoms with van der Waals surface area (Å²) in [4.78, 5) is 25.4. The summed E-state index contributed by atoms with van der Waals surface area (Å²) in [6.45, 7) is 0.175. The highest BCUT2D eigenvalue weighted by Gasteiger charge is 2.30. The molecule has 0 fully saturated rings. The molecule has 0 saturated carbocycles. The molecule has 3 rings (SSSR count). The molecular formula is C28H31F4N3O4. The van der Waals surface area contributed by atoms with E-state index in [0.29, 0.717) is 24.0 Å². The van der Waals surface area contributed by atoms with E-state index in [1.165, 1.54) is 24.3 Å². The van der Waals surface area contributed by atoms with Crippen molar-refractivity contribution in [1.82, 2.24) is 16.0 Å². The average Bonchev–Trinajstić information content (AvgIpc) is 2.87. The molecule has 39 heavy (non-hydrogen) atoms. The summed E-state index contributed by atoms with van der Waals surface area (Å²) in [6, 6.07) is 6.86. The van der Waals surface area contributed by atoms with Crippen LogP contribution in [0.1, 0.15) is 42.4 Å². The smallest absolute Gasteiger partial charge is 0.416 e. The molecule has 4 N–H and O–H groups in total. The molecule has 0 spiro atoms. The maximum absolute atomic E-state index is 14.3. The van der Waals surface area contributed by atoms with E-state index >= 15 is 0 Å². The zero-order valence-corrected chi connectivity index (χ0v) is 21.2. The van der Waals surface area contributed by atoms with Gasteiger partial charge in [-0.1, -0.05) is 18.2 Å². The molecule has 7 nitrogen and oxygen atoms in total. The number of nitrogens with one attached hydrogen (secondary N) is 3. The predicted molar refractivity (Wildman–Crippen MR) is 136 cm³/mol. The number of terminal acetylenes is 1. The number of benzene rings is 2. The molecule has 0 radical (unpaired) electrons. The van der Waals surface area contributed by atoms with Crippen LogP contribution in [0.5, 0.6) is 5.75 Å². The Morgan fingerprint density at radius 2 is 1.95 bits per heavy atom. The van der Waals surface area contributed by atoms with Crippen LogP contribution in [0.4, 0.5) is 17.6 Å². The largest absolute Gasteiger partial charge is 0.493 e. The summed E-state index contributed by atoms with van der Waals surface area (Å²) in [5, 5.41) is 19.2. The third-order valence-electron chi connectivity index (χ3n) is 6.16. The first-order chi connectivity index (χ1) is 18.5. The molecule has 0 aromatic heterocycles. The first kappa shape index (κ1) is 29.9. The molecule has 3 atom stereocenters. The second-order valence-electron chi connectivity index (χ2n) is 9.34. The molecule has 1 aliphatic heterocycles. The summed E-state index contributed by atoms with van der Waals surface area (Å²) in [5.74, 6) is 1.08. The van der Waals surface area contributed by atoms with Crippen LogP contribution in [0.15, 0.2) is 42.5 Å². The molecule has 0 saturated heterocycles. The molecule has 1 heterocycles. The van der Waals surface area contributed by atoms with Crippen LogP contribution in [-0.2, 0) is 28.7 Å². The molecule has 1 aliphatic rings. The monoisotopic (exact) mass is 549 g/mol. The van der Waals surface area contributed by atoms with E-state index in [1.807, 2.05) is 0 Å². The van der Waals surface area contributed by atoms with Gasteiger partial charge in [-0.25, -0.2) is 4.39 Å². The Balaban J connectivity index is 1.78. The number of fused-ring (bicyclic) bond motifs is 2. The number of halogens is 4. The standard InChI is InChI=1S/C28H31F4N3O4/c1-2-6-23-27(38)35-24(25(36)17-33-16-18-7-5-8-20(11-18)28(30,31)32)14-19-12-21(29)15-22(13-19)39-10-4-3-9-26(37)34-23/h1,5,7-8,11-13,15,23-25,33,36H,3-4,6,9-10,14,16-17H2,(H,34,37)(H,35,38)/t23?,24-,25+/m0/s1. The second-order valence-corrected chi connectivity index (χ2v) is 9.34. The lowest BCUT2D eigenvalue weighted by atomic mass is 9.99. The fourth-order valence-corrected chi connectivity index (χ4v) is 4.18. The van der Waals surface area contributed by atoms with Crippen LogP contribution >= 0.6 is 0 Å². The number of carbonyl (C=O) groups excluding carboxylic acids is 2. The number of ether oxygens (including phenoxy) is 1.